The minimum atomic E-state index is -0.577. The van der Waals surface area contributed by atoms with Crippen LogP contribution in [-0.2, 0) is 9.63 Å². The number of benzene rings is 4. The van der Waals surface area contributed by atoms with Gasteiger partial charge in [0.25, 0.3) is 0 Å². The van der Waals surface area contributed by atoms with Gasteiger partial charge in [-0.25, -0.2) is 4.79 Å². The normalized spacial score (nSPS) is 11.1. The molecular weight excluding hydrogens is 504 g/mol. The fraction of sp³-hybridized carbons (Fsp3) is 0.100. The summed E-state index contributed by atoms with van der Waals surface area (Å²) in [5.41, 5.74) is 3.57. The molecule has 4 aromatic carbocycles. The smallest absolute Gasteiger partial charge is 0.318 e. The molecule has 4 rings (SSSR count). The van der Waals surface area contributed by atoms with E-state index in [9.17, 15) is 9.59 Å². The van der Waals surface area contributed by atoms with Crippen molar-refractivity contribution in [2.45, 2.75) is 18.2 Å². The highest BCUT2D eigenvalue weighted by molar-refractivity contribution is 7.99. The van der Waals surface area contributed by atoms with Crippen LogP contribution in [0.25, 0.3) is 0 Å². The zero-order valence-electron chi connectivity index (χ0n) is 20.2. The second kappa shape index (κ2) is 12.9. The maximum absolute atomic E-state index is 13.3. The van der Waals surface area contributed by atoms with Gasteiger partial charge in [0.05, 0.1) is 0 Å². The zero-order valence-corrected chi connectivity index (χ0v) is 21.8. The van der Waals surface area contributed by atoms with Crippen LogP contribution in [0.2, 0.25) is 5.02 Å². The number of halogens is 1. The maximum atomic E-state index is 13.3. The highest BCUT2D eigenvalue weighted by Gasteiger charge is 2.18. The molecule has 5 nitrogen and oxygen atoms in total. The van der Waals surface area contributed by atoms with Crippen molar-refractivity contribution in [3.63, 3.8) is 0 Å². The molecule has 0 aliphatic rings. The van der Waals surface area contributed by atoms with Gasteiger partial charge in [0.2, 0.25) is 5.78 Å². The summed E-state index contributed by atoms with van der Waals surface area (Å²) < 4.78 is 0. The molecule has 0 spiro atoms. The Morgan fingerprint density at radius 2 is 1.32 bits per heavy atom. The van der Waals surface area contributed by atoms with Crippen molar-refractivity contribution in [2.24, 2.45) is 5.16 Å². The SMILES string of the molecule is CC(=O)O/N=C(\CCSc1ccc(Cl)cc1)C(=O)c1ccc(N(c2ccccc2)c2ccccc2)cc1. The first kappa shape index (κ1) is 26.2. The van der Waals surface area contributed by atoms with Crippen molar-refractivity contribution >= 4 is 57.9 Å². The Bertz CT molecular complexity index is 1320. The number of carbonyl (C=O) groups is 2. The minimum Gasteiger partial charge on any atom is -0.318 e. The Balaban J connectivity index is 1.54. The van der Waals surface area contributed by atoms with Crippen LogP contribution in [0.15, 0.2) is 119 Å². The lowest BCUT2D eigenvalue weighted by atomic mass is 10.0. The van der Waals surface area contributed by atoms with E-state index in [2.05, 4.69) is 10.1 Å². The van der Waals surface area contributed by atoms with E-state index in [-0.39, 0.29) is 11.5 Å². The molecule has 0 saturated heterocycles. The van der Waals surface area contributed by atoms with E-state index in [4.69, 9.17) is 16.4 Å². The summed E-state index contributed by atoms with van der Waals surface area (Å²) >= 11 is 7.52. The molecule has 0 unspecified atom stereocenters. The van der Waals surface area contributed by atoms with Gasteiger partial charge in [0, 0.05) is 51.6 Å². The lowest BCUT2D eigenvalue weighted by Gasteiger charge is -2.25. The van der Waals surface area contributed by atoms with Crippen LogP contribution >= 0.6 is 23.4 Å². The number of anilines is 3. The number of thioether (sulfide) groups is 1. The van der Waals surface area contributed by atoms with E-state index in [0.29, 0.717) is 22.8 Å². The summed E-state index contributed by atoms with van der Waals surface area (Å²) in [5.74, 6) is -0.274. The molecule has 0 atom stereocenters. The number of para-hydroxylation sites is 2. The van der Waals surface area contributed by atoms with Crippen molar-refractivity contribution in [1.82, 2.24) is 0 Å². The first-order valence-electron chi connectivity index (χ1n) is 11.7. The van der Waals surface area contributed by atoms with Gasteiger partial charge in [-0.3, -0.25) is 4.79 Å². The van der Waals surface area contributed by atoms with Crippen molar-refractivity contribution in [3.8, 4) is 0 Å². The first-order valence-corrected chi connectivity index (χ1v) is 13.1. The number of carbonyl (C=O) groups excluding carboxylic acids is 2. The third kappa shape index (κ3) is 7.32. The average Bonchev–Trinajstić information content (AvgIpc) is 2.93. The van der Waals surface area contributed by atoms with Gasteiger partial charge in [-0.05, 0) is 72.8 Å². The molecule has 7 heteroatoms. The van der Waals surface area contributed by atoms with E-state index in [1.165, 1.54) is 6.92 Å². The Kier molecular flexibility index (Phi) is 9.13. The second-order valence-corrected chi connectivity index (χ2v) is 9.66. The fourth-order valence-corrected chi connectivity index (χ4v) is 4.63. The molecule has 186 valence electrons. The summed E-state index contributed by atoms with van der Waals surface area (Å²) in [6, 6.07) is 34.9. The summed E-state index contributed by atoms with van der Waals surface area (Å²) in [6.07, 6.45) is 0.335. The van der Waals surface area contributed by atoms with Crippen molar-refractivity contribution in [3.05, 3.63) is 120 Å². The van der Waals surface area contributed by atoms with Gasteiger partial charge in [0.15, 0.2) is 0 Å². The van der Waals surface area contributed by atoms with Gasteiger partial charge in [-0.15, -0.1) is 11.8 Å². The maximum Gasteiger partial charge on any atom is 0.331 e. The summed E-state index contributed by atoms with van der Waals surface area (Å²) in [7, 11) is 0. The van der Waals surface area contributed by atoms with Crippen LogP contribution in [0, 0.1) is 0 Å². The predicted octanol–water partition coefficient (Wildman–Crippen LogP) is 8.09. The van der Waals surface area contributed by atoms with E-state index >= 15 is 0 Å². The predicted molar refractivity (Wildman–Crippen MR) is 151 cm³/mol. The highest BCUT2D eigenvalue weighted by atomic mass is 35.5. The molecule has 0 bridgehead atoms. The third-order valence-electron chi connectivity index (χ3n) is 5.38. The van der Waals surface area contributed by atoms with Crippen LogP contribution in [0.4, 0.5) is 17.1 Å². The van der Waals surface area contributed by atoms with Crippen LogP contribution < -0.4 is 4.90 Å². The lowest BCUT2D eigenvalue weighted by molar-refractivity contribution is -0.140. The van der Waals surface area contributed by atoms with Gasteiger partial charge in [0.1, 0.15) is 5.71 Å². The Labute approximate surface area is 225 Å². The summed E-state index contributed by atoms with van der Waals surface area (Å²) in [6.45, 7) is 1.25. The van der Waals surface area contributed by atoms with E-state index in [1.54, 1.807) is 23.9 Å². The molecule has 0 fully saturated rings. The molecule has 0 radical (unpaired) electrons. The first-order chi connectivity index (χ1) is 18.0. The molecule has 37 heavy (non-hydrogen) atoms. The standard InChI is InChI=1S/C30H25ClN2O3S/c1-22(34)36-32-29(20-21-37-28-18-14-24(31)15-19-28)30(35)23-12-16-27(17-13-23)33(25-8-4-2-5-9-25)26-10-6-3-7-11-26/h2-19H,20-21H2,1H3/b32-29+. The molecule has 0 amide bonds. The summed E-state index contributed by atoms with van der Waals surface area (Å²) in [4.78, 5) is 32.6. The topological polar surface area (TPSA) is 59.0 Å². The molecule has 0 aliphatic carbocycles. The number of rotatable bonds is 10. The number of nitrogens with zero attached hydrogens (tertiary/aromatic N) is 2. The van der Waals surface area contributed by atoms with Crippen molar-refractivity contribution in [1.29, 1.82) is 0 Å². The largest absolute Gasteiger partial charge is 0.331 e. The number of hydrogen-bond donors (Lipinski definition) is 0. The quantitative estimate of drug-likeness (QED) is 0.0684. The fourth-order valence-electron chi connectivity index (χ4n) is 3.65. The lowest BCUT2D eigenvalue weighted by Crippen LogP contribution is -2.17. The van der Waals surface area contributed by atoms with Crippen LogP contribution in [0.5, 0.6) is 0 Å². The van der Waals surface area contributed by atoms with Gasteiger partial charge >= 0.3 is 5.97 Å². The van der Waals surface area contributed by atoms with Gasteiger partial charge in [-0.1, -0.05) is 53.2 Å². The van der Waals surface area contributed by atoms with E-state index in [1.807, 2.05) is 97.1 Å². The number of oxime groups is 1. The average molecular weight is 529 g/mol. The molecule has 0 N–H and O–H groups in total. The van der Waals surface area contributed by atoms with E-state index < -0.39 is 5.97 Å². The van der Waals surface area contributed by atoms with Crippen molar-refractivity contribution in [2.75, 3.05) is 10.7 Å². The van der Waals surface area contributed by atoms with Crippen LogP contribution in [0.3, 0.4) is 0 Å². The zero-order chi connectivity index (χ0) is 26.0. The minimum absolute atomic E-state index is 0.187. The second-order valence-electron chi connectivity index (χ2n) is 8.06. The monoisotopic (exact) mass is 528 g/mol. The Morgan fingerprint density at radius 3 is 1.86 bits per heavy atom. The number of hydrogen-bond acceptors (Lipinski definition) is 6. The summed E-state index contributed by atoms with van der Waals surface area (Å²) in [5, 5.41) is 4.54. The Morgan fingerprint density at radius 1 is 0.784 bits per heavy atom. The van der Waals surface area contributed by atoms with Gasteiger partial charge < -0.3 is 9.74 Å². The molecule has 0 aliphatic heterocycles. The third-order valence-corrected chi connectivity index (χ3v) is 6.65. The van der Waals surface area contributed by atoms with Gasteiger partial charge in [-0.2, -0.15) is 0 Å². The van der Waals surface area contributed by atoms with Crippen molar-refractivity contribution < 1.29 is 14.4 Å². The molecule has 4 aromatic rings. The molecular formula is C30H25ClN2O3S. The Hall–Kier alpha value is -3.87. The number of Topliss-reactive ketones (excluding diaryl/α,β-unsaturated/α-hetero) is 1. The van der Waals surface area contributed by atoms with Crippen LogP contribution in [-0.4, -0.2) is 23.2 Å². The molecule has 0 aromatic heterocycles. The number of ketones is 1. The molecule has 0 heterocycles. The highest BCUT2D eigenvalue weighted by Crippen LogP contribution is 2.34. The van der Waals surface area contributed by atoms with E-state index in [0.717, 1.165) is 22.0 Å². The van der Waals surface area contributed by atoms with Crippen LogP contribution in [0.1, 0.15) is 23.7 Å². The molecule has 0 saturated carbocycles.